The van der Waals surface area contributed by atoms with E-state index >= 15 is 0 Å². The predicted octanol–water partition coefficient (Wildman–Crippen LogP) is 5.49. The van der Waals surface area contributed by atoms with Gasteiger partial charge in [-0.25, -0.2) is 9.78 Å². The Labute approximate surface area is 186 Å². The molecule has 4 rings (SSSR count). The summed E-state index contributed by atoms with van der Waals surface area (Å²) in [7, 11) is 1.60. The summed E-state index contributed by atoms with van der Waals surface area (Å²) in [6.45, 7) is 7.46. The Balaban J connectivity index is 2.09. The van der Waals surface area contributed by atoms with Crippen molar-refractivity contribution >= 4 is 27.5 Å². The number of rotatable bonds is 5. The van der Waals surface area contributed by atoms with Crippen LogP contribution in [0.5, 0.6) is 5.75 Å². The molecule has 1 unspecified atom stereocenters. The van der Waals surface area contributed by atoms with Crippen LogP contribution in [0, 0.1) is 6.92 Å². The van der Waals surface area contributed by atoms with Gasteiger partial charge in [-0.15, -0.1) is 11.3 Å². The lowest BCUT2D eigenvalue weighted by atomic mass is 9.88. The van der Waals surface area contributed by atoms with Crippen LogP contribution in [-0.2, 0) is 22.4 Å². The van der Waals surface area contributed by atoms with Crippen LogP contribution in [-0.4, -0.2) is 33.8 Å². The molecule has 1 atom stereocenters. The van der Waals surface area contributed by atoms with Crippen molar-refractivity contribution in [2.75, 3.05) is 7.11 Å². The fourth-order valence-corrected chi connectivity index (χ4v) is 5.61. The molecule has 0 radical (unpaired) electrons. The molecule has 1 aliphatic rings. The molecular formula is C24H28N2O4S. The van der Waals surface area contributed by atoms with Gasteiger partial charge in [-0.1, -0.05) is 0 Å². The summed E-state index contributed by atoms with van der Waals surface area (Å²) in [5.41, 5.74) is 3.58. The van der Waals surface area contributed by atoms with Gasteiger partial charge in [0.2, 0.25) is 0 Å². The Morgan fingerprint density at radius 2 is 1.97 bits per heavy atom. The molecule has 0 fully saturated rings. The molecule has 31 heavy (non-hydrogen) atoms. The van der Waals surface area contributed by atoms with Crippen LogP contribution in [0.1, 0.15) is 61.4 Å². The molecule has 1 N–H and O–H groups in total. The molecule has 0 aliphatic heterocycles. The number of aliphatic carboxylic acids is 1. The van der Waals surface area contributed by atoms with Crippen molar-refractivity contribution in [1.29, 1.82) is 0 Å². The van der Waals surface area contributed by atoms with Gasteiger partial charge >= 0.3 is 5.97 Å². The van der Waals surface area contributed by atoms with Crippen LogP contribution < -0.4 is 4.74 Å². The number of ether oxygens (including phenoxy) is 2. The van der Waals surface area contributed by atoms with E-state index in [0.717, 1.165) is 40.6 Å². The van der Waals surface area contributed by atoms with E-state index in [1.807, 2.05) is 33.8 Å². The summed E-state index contributed by atoms with van der Waals surface area (Å²) in [6.07, 6.45) is 6.59. The lowest BCUT2D eigenvalue weighted by molar-refractivity contribution is -0.160. The van der Waals surface area contributed by atoms with E-state index in [-0.39, 0.29) is 0 Å². The lowest BCUT2D eigenvalue weighted by Gasteiger charge is -2.28. The van der Waals surface area contributed by atoms with Crippen LogP contribution >= 0.6 is 11.3 Å². The third-order valence-electron chi connectivity index (χ3n) is 5.53. The van der Waals surface area contributed by atoms with Crippen molar-refractivity contribution in [2.24, 2.45) is 0 Å². The van der Waals surface area contributed by atoms with Crippen LogP contribution in [0.25, 0.3) is 21.3 Å². The van der Waals surface area contributed by atoms with Crippen LogP contribution in [0.3, 0.4) is 0 Å². The molecule has 0 saturated heterocycles. The number of carbonyl (C=O) groups is 1. The minimum atomic E-state index is -1.14. The van der Waals surface area contributed by atoms with Gasteiger partial charge in [-0.3, -0.25) is 4.98 Å². The highest BCUT2D eigenvalue weighted by Gasteiger charge is 2.34. The first-order chi connectivity index (χ1) is 14.7. The van der Waals surface area contributed by atoms with Crippen molar-refractivity contribution in [2.45, 2.75) is 65.1 Å². The molecule has 7 heteroatoms. The van der Waals surface area contributed by atoms with E-state index in [9.17, 15) is 9.90 Å². The average molecular weight is 441 g/mol. The van der Waals surface area contributed by atoms with Gasteiger partial charge in [0, 0.05) is 38.8 Å². The highest BCUT2D eigenvalue weighted by atomic mass is 32.1. The molecule has 6 nitrogen and oxygen atoms in total. The molecule has 0 amide bonds. The highest BCUT2D eigenvalue weighted by molar-refractivity contribution is 7.19. The number of hydrogen-bond donors (Lipinski definition) is 1. The Morgan fingerprint density at radius 1 is 1.23 bits per heavy atom. The van der Waals surface area contributed by atoms with E-state index in [2.05, 4.69) is 4.98 Å². The number of fused-ring (bicyclic) bond motifs is 3. The number of carboxylic acid groups (broad SMARTS) is 1. The SMILES string of the molecule is COc1cncc(-c2c(C(OC(C)(C)C)C(=O)O)c(C)nc3sc4c(c23)CCCC4)c1. The zero-order valence-electron chi connectivity index (χ0n) is 18.6. The van der Waals surface area contributed by atoms with Crippen molar-refractivity contribution in [3.8, 4) is 16.9 Å². The Kier molecular flexibility index (Phi) is 5.75. The first-order valence-corrected chi connectivity index (χ1v) is 11.4. The zero-order chi connectivity index (χ0) is 22.3. The van der Waals surface area contributed by atoms with Crippen molar-refractivity contribution < 1.29 is 19.4 Å². The van der Waals surface area contributed by atoms with Gasteiger partial charge in [0.15, 0.2) is 6.10 Å². The Bertz CT molecular complexity index is 1150. The topological polar surface area (TPSA) is 81.5 Å². The standard InChI is InChI=1S/C24H28N2O4S/c1-13-18(21(23(27)28)30-24(2,3)4)19(14-10-15(29-5)12-25-11-14)20-16-8-6-7-9-17(16)31-22(20)26-13/h10-12,21H,6-9H2,1-5H3,(H,27,28). The van der Waals surface area contributed by atoms with E-state index < -0.39 is 17.7 Å². The number of methoxy groups -OCH3 is 1. The van der Waals surface area contributed by atoms with Crippen molar-refractivity contribution in [3.05, 3.63) is 40.2 Å². The molecule has 0 spiro atoms. The number of carboxylic acids is 1. The van der Waals surface area contributed by atoms with Gasteiger partial charge in [0.1, 0.15) is 10.6 Å². The third kappa shape index (κ3) is 4.16. The summed E-state index contributed by atoms with van der Waals surface area (Å²) in [5, 5.41) is 11.2. The molecule has 3 aromatic heterocycles. The van der Waals surface area contributed by atoms with Gasteiger partial charge in [-0.05, 0) is 65.0 Å². The maximum Gasteiger partial charge on any atom is 0.337 e. The minimum absolute atomic E-state index is 0.594. The minimum Gasteiger partial charge on any atom is -0.495 e. The number of hydrogen-bond acceptors (Lipinski definition) is 6. The molecular weight excluding hydrogens is 412 g/mol. The second kappa shape index (κ2) is 8.20. The summed E-state index contributed by atoms with van der Waals surface area (Å²) in [4.78, 5) is 23.9. The maximum absolute atomic E-state index is 12.4. The summed E-state index contributed by atoms with van der Waals surface area (Å²) < 4.78 is 11.5. The van der Waals surface area contributed by atoms with Gasteiger partial charge in [0.25, 0.3) is 0 Å². The van der Waals surface area contributed by atoms with E-state index in [1.54, 1.807) is 30.8 Å². The molecule has 3 heterocycles. The van der Waals surface area contributed by atoms with Crippen LogP contribution in [0.2, 0.25) is 0 Å². The average Bonchev–Trinajstić information content (AvgIpc) is 3.08. The second-order valence-corrected chi connectivity index (χ2v) is 10.0. The molecule has 1 aliphatic carbocycles. The molecule has 164 valence electrons. The zero-order valence-corrected chi connectivity index (χ0v) is 19.4. The predicted molar refractivity (Wildman–Crippen MR) is 122 cm³/mol. The first-order valence-electron chi connectivity index (χ1n) is 10.5. The highest BCUT2D eigenvalue weighted by Crippen LogP contribution is 2.46. The number of pyridine rings is 2. The fourth-order valence-electron chi connectivity index (χ4n) is 4.29. The quantitative estimate of drug-likeness (QED) is 0.565. The third-order valence-corrected chi connectivity index (χ3v) is 6.71. The summed E-state index contributed by atoms with van der Waals surface area (Å²) in [6, 6.07) is 1.91. The normalized spacial score (nSPS) is 15.0. The van der Waals surface area contributed by atoms with Crippen molar-refractivity contribution in [3.63, 3.8) is 0 Å². The number of aromatic nitrogens is 2. The Morgan fingerprint density at radius 3 is 2.65 bits per heavy atom. The lowest BCUT2D eigenvalue weighted by Crippen LogP contribution is -2.28. The smallest absolute Gasteiger partial charge is 0.337 e. The maximum atomic E-state index is 12.4. The molecule has 0 saturated carbocycles. The van der Waals surface area contributed by atoms with E-state index in [1.165, 1.54) is 16.9 Å². The monoisotopic (exact) mass is 440 g/mol. The molecule has 0 aromatic carbocycles. The summed E-state index contributed by atoms with van der Waals surface area (Å²) >= 11 is 1.72. The van der Waals surface area contributed by atoms with Crippen molar-refractivity contribution in [1.82, 2.24) is 9.97 Å². The number of aryl methyl sites for hydroxylation is 3. The fraction of sp³-hybridized carbons (Fsp3) is 0.458. The van der Waals surface area contributed by atoms with Crippen LogP contribution in [0.4, 0.5) is 0 Å². The van der Waals surface area contributed by atoms with Crippen LogP contribution in [0.15, 0.2) is 18.5 Å². The van der Waals surface area contributed by atoms with E-state index in [4.69, 9.17) is 14.5 Å². The first kappa shape index (κ1) is 21.7. The van der Waals surface area contributed by atoms with E-state index in [0.29, 0.717) is 17.0 Å². The molecule has 3 aromatic rings. The largest absolute Gasteiger partial charge is 0.495 e. The van der Waals surface area contributed by atoms with Gasteiger partial charge in [0.05, 0.1) is 18.9 Å². The van der Waals surface area contributed by atoms with Gasteiger partial charge < -0.3 is 14.6 Å². The number of nitrogens with zero attached hydrogens (tertiary/aromatic N) is 2. The number of thiophene rings is 1. The molecule has 0 bridgehead atoms. The van der Waals surface area contributed by atoms with Gasteiger partial charge in [-0.2, -0.15) is 0 Å². The Hall–Kier alpha value is -2.51. The second-order valence-electron chi connectivity index (χ2n) is 8.94. The summed E-state index contributed by atoms with van der Waals surface area (Å²) in [5.74, 6) is -0.404.